The summed E-state index contributed by atoms with van der Waals surface area (Å²) in [7, 11) is 0. The molecule has 2 fully saturated rings. The van der Waals surface area contributed by atoms with Crippen LogP contribution < -0.4 is 5.73 Å². The zero-order valence-corrected chi connectivity index (χ0v) is 8.45. The molecule has 78 valence electrons. The molecule has 2 N–H and O–H groups in total. The van der Waals surface area contributed by atoms with Crippen molar-refractivity contribution >= 4 is 11.8 Å². The molecule has 2 amide bonds. The van der Waals surface area contributed by atoms with E-state index in [0.29, 0.717) is 19.5 Å². The van der Waals surface area contributed by atoms with Gasteiger partial charge in [0.2, 0.25) is 11.8 Å². The molecule has 4 heteroatoms. The SMILES string of the molecule is CC1(C(N)=O)CCN(C(=O)C2CC2)C1. The number of primary amides is 1. The Balaban J connectivity index is 2.00. The highest BCUT2D eigenvalue weighted by Gasteiger charge is 2.43. The first-order valence-corrected chi connectivity index (χ1v) is 5.12. The third-order valence-corrected chi connectivity index (χ3v) is 3.31. The molecule has 2 aliphatic rings. The smallest absolute Gasteiger partial charge is 0.225 e. The average molecular weight is 196 g/mol. The molecule has 0 aromatic carbocycles. The number of likely N-dealkylation sites (tertiary alicyclic amines) is 1. The largest absolute Gasteiger partial charge is 0.369 e. The van der Waals surface area contributed by atoms with Gasteiger partial charge in [0.1, 0.15) is 0 Å². The van der Waals surface area contributed by atoms with Gasteiger partial charge in [-0.3, -0.25) is 9.59 Å². The molecule has 0 bridgehead atoms. The lowest BCUT2D eigenvalue weighted by Gasteiger charge is -2.20. The van der Waals surface area contributed by atoms with Gasteiger partial charge in [-0.2, -0.15) is 0 Å². The molecule has 1 saturated carbocycles. The molecule has 4 nitrogen and oxygen atoms in total. The zero-order valence-electron chi connectivity index (χ0n) is 8.45. The highest BCUT2D eigenvalue weighted by molar-refractivity contribution is 5.85. The molecule has 0 aromatic heterocycles. The van der Waals surface area contributed by atoms with Crippen LogP contribution in [0.4, 0.5) is 0 Å². The van der Waals surface area contributed by atoms with E-state index < -0.39 is 5.41 Å². The minimum atomic E-state index is -0.495. The first kappa shape index (κ1) is 9.49. The highest BCUT2D eigenvalue weighted by atomic mass is 16.2. The Morgan fingerprint density at radius 2 is 2.07 bits per heavy atom. The maximum Gasteiger partial charge on any atom is 0.225 e. The maximum absolute atomic E-state index is 11.7. The Bertz CT molecular complexity index is 286. The second kappa shape index (κ2) is 2.97. The minimum absolute atomic E-state index is 0.218. The van der Waals surface area contributed by atoms with Gasteiger partial charge < -0.3 is 10.6 Å². The minimum Gasteiger partial charge on any atom is -0.369 e. The van der Waals surface area contributed by atoms with Crippen LogP contribution in [0.1, 0.15) is 26.2 Å². The molecule has 1 saturated heterocycles. The fourth-order valence-corrected chi connectivity index (χ4v) is 1.94. The molecule has 1 heterocycles. The van der Waals surface area contributed by atoms with Crippen LogP contribution in [0.5, 0.6) is 0 Å². The van der Waals surface area contributed by atoms with Crippen LogP contribution in [0.15, 0.2) is 0 Å². The second-order valence-electron chi connectivity index (χ2n) is 4.71. The van der Waals surface area contributed by atoms with Gasteiger partial charge in [-0.15, -0.1) is 0 Å². The molecule has 1 atom stereocenters. The summed E-state index contributed by atoms with van der Waals surface area (Å²) in [6.07, 6.45) is 2.74. The predicted octanol–water partition coefficient (Wildman–Crippen LogP) is 0.120. The third-order valence-electron chi connectivity index (χ3n) is 3.31. The summed E-state index contributed by atoms with van der Waals surface area (Å²) in [5, 5.41) is 0. The van der Waals surface area contributed by atoms with Crippen LogP contribution >= 0.6 is 0 Å². The van der Waals surface area contributed by atoms with Gasteiger partial charge in [-0.1, -0.05) is 0 Å². The maximum atomic E-state index is 11.7. The van der Waals surface area contributed by atoms with E-state index in [1.165, 1.54) is 0 Å². The van der Waals surface area contributed by atoms with Crippen molar-refractivity contribution in [1.29, 1.82) is 0 Å². The second-order valence-corrected chi connectivity index (χ2v) is 4.71. The Morgan fingerprint density at radius 3 is 2.50 bits per heavy atom. The summed E-state index contributed by atoms with van der Waals surface area (Å²) in [5.41, 5.74) is 4.81. The molecule has 14 heavy (non-hydrogen) atoms. The summed E-state index contributed by atoms with van der Waals surface area (Å²) < 4.78 is 0. The summed E-state index contributed by atoms with van der Waals surface area (Å²) in [6, 6.07) is 0. The summed E-state index contributed by atoms with van der Waals surface area (Å²) >= 11 is 0. The van der Waals surface area contributed by atoms with Crippen molar-refractivity contribution in [3.8, 4) is 0 Å². The Kier molecular flexibility index (Phi) is 2.01. The topological polar surface area (TPSA) is 63.4 Å². The number of nitrogens with two attached hydrogens (primary N) is 1. The van der Waals surface area contributed by atoms with E-state index in [2.05, 4.69) is 0 Å². The number of hydrogen-bond acceptors (Lipinski definition) is 2. The van der Waals surface area contributed by atoms with Gasteiger partial charge in [0.05, 0.1) is 5.41 Å². The van der Waals surface area contributed by atoms with Crippen molar-refractivity contribution in [3.63, 3.8) is 0 Å². The third kappa shape index (κ3) is 1.49. The van der Waals surface area contributed by atoms with Crippen molar-refractivity contribution in [2.75, 3.05) is 13.1 Å². The van der Waals surface area contributed by atoms with Crippen molar-refractivity contribution in [2.24, 2.45) is 17.1 Å². The number of hydrogen-bond donors (Lipinski definition) is 1. The fourth-order valence-electron chi connectivity index (χ4n) is 1.94. The molecular weight excluding hydrogens is 180 g/mol. The Morgan fingerprint density at radius 1 is 1.43 bits per heavy atom. The molecule has 2 rings (SSSR count). The van der Waals surface area contributed by atoms with E-state index in [4.69, 9.17) is 5.73 Å². The molecule has 0 spiro atoms. The lowest BCUT2D eigenvalue weighted by molar-refractivity contribution is -0.132. The standard InChI is InChI=1S/C10H16N2O2/c1-10(9(11)14)4-5-12(6-10)8(13)7-2-3-7/h7H,2-6H2,1H3,(H2,11,14). The predicted molar refractivity (Wildman–Crippen MR) is 51.2 cm³/mol. The van der Waals surface area contributed by atoms with Crippen LogP contribution in [0, 0.1) is 11.3 Å². The fraction of sp³-hybridized carbons (Fsp3) is 0.800. The van der Waals surface area contributed by atoms with E-state index in [9.17, 15) is 9.59 Å². The van der Waals surface area contributed by atoms with Gasteiger partial charge in [0, 0.05) is 19.0 Å². The van der Waals surface area contributed by atoms with Crippen molar-refractivity contribution in [1.82, 2.24) is 4.90 Å². The van der Waals surface area contributed by atoms with Crippen LogP contribution in [-0.4, -0.2) is 29.8 Å². The van der Waals surface area contributed by atoms with E-state index in [0.717, 1.165) is 12.8 Å². The summed E-state index contributed by atoms with van der Waals surface area (Å²) in [5.74, 6) is 0.170. The Labute approximate surface area is 83.4 Å². The molecule has 1 aliphatic heterocycles. The van der Waals surface area contributed by atoms with Crippen LogP contribution in [0.3, 0.4) is 0 Å². The highest BCUT2D eigenvalue weighted by Crippen LogP contribution is 2.36. The van der Waals surface area contributed by atoms with Gasteiger partial charge in [-0.25, -0.2) is 0 Å². The summed E-state index contributed by atoms with van der Waals surface area (Å²) in [4.78, 5) is 24.6. The molecule has 0 aromatic rings. The monoisotopic (exact) mass is 196 g/mol. The van der Waals surface area contributed by atoms with E-state index in [-0.39, 0.29) is 17.7 Å². The lowest BCUT2D eigenvalue weighted by Crippen LogP contribution is -2.39. The Hall–Kier alpha value is -1.06. The molecule has 1 aliphatic carbocycles. The van der Waals surface area contributed by atoms with Crippen LogP contribution in [0.25, 0.3) is 0 Å². The molecule has 0 radical (unpaired) electrons. The quantitative estimate of drug-likeness (QED) is 0.681. The van der Waals surface area contributed by atoms with Crippen LogP contribution in [0.2, 0.25) is 0 Å². The van der Waals surface area contributed by atoms with Crippen molar-refractivity contribution in [3.05, 3.63) is 0 Å². The normalized spacial score (nSPS) is 31.9. The van der Waals surface area contributed by atoms with E-state index >= 15 is 0 Å². The van der Waals surface area contributed by atoms with Gasteiger partial charge >= 0.3 is 0 Å². The number of carbonyl (C=O) groups excluding carboxylic acids is 2. The number of rotatable bonds is 2. The number of nitrogens with zero attached hydrogens (tertiary/aromatic N) is 1. The summed E-state index contributed by atoms with van der Waals surface area (Å²) in [6.45, 7) is 3.04. The van der Waals surface area contributed by atoms with Crippen molar-refractivity contribution < 1.29 is 9.59 Å². The lowest BCUT2D eigenvalue weighted by atomic mass is 9.89. The first-order chi connectivity index (χ1) is 6.53. The van der Waals surface area contributed by atoms with Crippen molar-refractivity contribution in [2.45, 2.75) is 26.2 Å². The van der Waals surface area contributed by atoms with Gasteiger partial charge in [0.15, 0.2) is 0 Å². The number of carbonyl (C=O) groups is 2. The zero-order chi connectivity index (χ0) is 10.3. The molecule has 1 unspecified atom stereocenters. The first-order valence-electron chi connectivity index (χ1n) is 5.12. The number of amides is 2. The average Bonchev–Trinajstić information content (AvgIpc) is 2.89. The van der Waals surface area contributed by atoms with E-state index in [1.54, 1.807) is 4.90 Å². The molecular formula is C10H16N2O2. The van der Waals surface area contributed by atoms with Gasteiger partial charge in [0.25, 0.3) is 0 Å². The van der Waals surface area contributed by atoms with E-state index in [1.807, 2.05) is 6.92 Å². The van der Waals surface area contributed by atoms with Crippen LogP contribution in [-0.2, 0) is 9.59 Å². The van der Waals surface area contributed by atoms with Gasteiger partial charge in [-0.05, 0) is 26.2 Å².